The molecule has 3 aromatic rings. The van der Waals surface area contributed by atoms with E-state index in [1.165, 1.54) is 31.4 Å². The SMILES string of the molecule is CCCCCN1CCC(c2cn(N)c3ccc(C(=O)c4ccc(N(CC)CC)cc4)cc23)CC1. The summed E-state index contributed by atoms with van der Waals surface area (Å²) in [6.45, 7) is 12.0. The summed E-state index contributed by atoms with van der Waals surface area (Å²) in [7, 11) is 0. The second-order valence-electron chi connectivity index (χ2n) is 9.59. The van der Waals surface area contributed by atoms with Crippen LogP contribution in [0.3, 0.4) is 0 Å². The van der Waals surface area contributed by atoms with E-state index in [0.717, 1.165) is 66.7 Å². The Labute approximate surface area is 204 Å². The number of nitrogen functional groups attached to an aromatic ring is 1. The monoisotopic (exact) mass is 460 g/mol. The van der Waals surface area contributed by atoms with Gasteiger partial charge in [0.1, 0.15) is 0 Å². The van der Waals surface area contributed by atoms with Gasteiger partial charge in [-0.05, 0) is 107 Å². The van der Waals surface area contributed by atoms with E-state index in [1.54, 1.807) is 4.68 Å². The van der Waals surface area contributed by atoms with Crippen LogP contribution in [0.25, 0.3) is 10.9 Å². The van der Waals surface area contributed by atoms with Gasteiger partial charge in [0.2, 0.25) is 0 Å². The first kappa shape index (κ1) is 24.3. The Morgan fingerprint density at radius 3 is 2.29 bits per heavy atom. The number of carbonyl (C=O) groups excluding carboxylic acids is 1. The molecule has 182 valence electrons. The minimum atomic E-state index is 0.0643. The first-order valence-corrected chi connectivity index (χ1v) is 13.1. The van der Waals surface area contributed by atoms with Gasteiger partial charge in [-0.25, -0.2) is 0 Å². The van der Waals surface area contributed by atoms with Crippen LogP contribution in [-0.2, 0) is 0 Å². The fourth-order valence-electron chi connectivity index (χ4n) is 5.38. The van der Waals surface area contributed by atoms with E-state index in [2.05, 4.69) is 55.0 Å². The number of benzene rings is 2. The number of hydrogen-bond donors (Lipinski definition) is 1. The highest BCUT2D eigenvalue weighted by Crippen LogP contribution is 2.34. The van der Waals surface area contributed by atoms with Crippen molar-refractivity contribution in [3.05, 3.63) is 65.4 Å². The van der Waals surface area contributed by atoms with Gasteiger partial charge in [-0.3, -0.25) is 9.47 Å². The molecule has 0 radical (unpaired) electrons. The van der Waals surface area contributed by atoms with E-state index in [1.807, 2.05) is 24.3 Å². The van der Waals surface area contributed by atoms with Crippen LogP contribution < -0.4 is 10.7 Å². The molecule has 1 aliphatic heterocycles. The maximum absolute atomic E-state index is 13.3. The molecule has 5 heteroatoms. The Morgan fingerprint density at radius 2 is 1.65 bits per heavy atom. The summed E-state index contributed by atoms with van der Waals surface area (Å²) in [5, 5.41) is 1.12. The molecule has 0 atom stereocenters. The van der Waals surface area contributed by atoms with E-state index >= 15 is 0 Å². The maximum atomic E-state index is 13.3. The second-order valence-corrected chi connectivity index (χ2v) is 9.59. The number of anilines is 1. The number of rotatable bonds is 10. The van der Waals surface area contributed by atoms with Gasteiger partial charge in [0.15, 0.2) is 5.78 Å². The number of ketones is 1. The standard InChI is InChI=1S/C29H40N4O/c1-4-7-8-17-31-18-15-22(16-19-31)27-21-33(30)28-14-11-24(20-26(27)28)29(34)23-9-12-25(13-10-23)32(5-2)6-3/h9-14,20-22H,4-8,15-19,30H2,1-3H3. The molecule has 4 rings (SSSR count). The summed E-state index contributed by atoms with van der Waals surface area (Å²) in [6, 6.07) is 14.0. The number of likely N-dealkylation sites (tertiary alicyclic amines) is 1. The lowest BCUT2D eigenvalue weighted by molar-refractivity contribution is 0.103. The Morgan fingerprint density at radius 1 is 0.971 bits per heavy atom. The number of aromatic nitrogens is 1. The van der Waals surface area contributed by atoms with Crippen molar-refractivity contribution in [2.24, 2.45) is 0 Å². The summed E-state index contributed by atoms with van der Waals surface area (Å²) in [4.78, 5) is 18.2. The topological polar surface area (TPSA) is 54.5 Å². The van der Waals surface area contributed by atoms with E-state index in [9.17, 15) is 4.79 Å². The molecule has 2 aromatic carbocycles. The molecule has 1 fully saturated rings. The van der Waals surface area contributed by atoms with Gasteiger partial charge in [0.25, 0.3) is 0 Å². The minimum absolute atomic E-state index is 0.0643. The van der Waals surface area contributed by atoms with Crippen molar-refractivity contribution < 1.29 is 4.79 Å². The number of nitrogens with two attached hydrogens (primary N) is 1. The maximum Gasteiger partial charge on any atom is 0.193 e. The molecule has 0 aliphatic carbocycles. The Balaban J connectivity index is 1.53. The molecule has 0 amide bonds. The van der Waals surface area contributed by atoms with Gasteiger partial charge in [0, 0.05) is 41.5 Å². The Bertz CT molecular complexity index is 1090. The average molecular weight is 461 g/mol. The first-order chi connectivity index (χ1) is 16.5. The molecule has 2 N–H and O–H groups in total. The zero-order valence-corrected chi connectivity index (χ0v) is 21.1. The average Bonchev–Trinajstić information content (AvgIpc) is 3.21. The van der Waals surface area contributed by atoms with Crippen LogP contribution >= 0.6 is 0 Å². The lowest BCUT2D eigenvalue weighted by atomic mass is 9.88. The highest BCUT2D eigenvalue weighted by molar-refractivity contribution is 6.11. The molecule has 1 aliphatic rings. The third kappa shape index (κ3) is 5.15. The molecule has 0 unspecified atom stereocenters. The molecule has 34 heavy (non-hydrogen) atoms. The fraction of sp³-hybridized carbons (Fsp3) is 0.483. The van der Waals surface area contributed by atoms with E-state index in [4.69, 9.17) is 5.84 Å². The number of hydrogen-bond acceptors (Lipinski definition) is 4. The van der Waals surface area contributed by atoms with Gasteiger partial charge < -0.3 is 15.6 Å². The number of piperidine rings is 1. The number of unbranched alkanes of at least 4 members (excludes halogenated alkanes) is 2. The smallest absolute Gasteiger partial charge is 0.193 e. The third-order valence-electron chi connectivity index (χ3n) is 7.49. The van der Waals surface area contributed by atoms with Crippen LogP contribution in [0.2, 0.25) is 0 Å². The minimum Gasteiger partial charge on any atom is -0.372 e. The van der Waals surface area contributed by atoms with Crippen LogP contribution in [0.1, 0.15) is 80.3 Å². The van der Waals surface area contributed by atoms with Crippen molar-refractivity contribution in [2.75, 3.05) is 43.5 Å². The summed E-state index contributed by atoms with van der Waals surface area (Å²) in [5.74, 6) is 6.88. The largest absolute Gasteiger partial charge is 0.372 e. The quantitative estimate of drug-likeness (QED) is 0.236. The van der Waals surface area contributed by atoms with Crippen LogP contribution in [0, 0.1) is 0 Å². The lowest BCUT2D eigenvalue weighted by Crippen LogP contribution is -2.33. The van der Waals surface area contributed by atoms with Crippen molar-refractivity contribution in [2.45, 2.75) is 58.8 Å². The van der Waals surface area contributed by atoms with Crippen LogP contribution in [0.4, 0.5) is 5.69 Å². The molecule has 0 spiro atoms. The fourth-order valence-corrected chi connectivity index (χ4v) is 5.38. The van der Waals surface area contributed by atoms with E-state index in [-0.39, 0.29) is 5.78 Å². The predicted molar refractivity (Wildman–Crippen MR) is 143 cm³/mol. The molecule has 5 nitrogen and oxygen atoms in total. The van der Waals surface area contributed by atoms with Crippen LogP contribution in [0.15, 0.2) is 48.7 Å². The molecule has 2 heterocycles. The van der Waals surface area contributed by atoms with Crippen LogP contribution in [-0.4, -0.2) is 48.1 Å². The summed E-state index contributed by atoms with van der Waals surface area (Å²) < 4.78 is 1.73. The van der Waals surface area contributed by atoms with Gasteiger partial charge >= 0.3 is 0 Å². The summed E-state index contributed by atoms with van der Waals surface area (Å²) in [6.07, 6.45) is 8.26. The van der Waals surface area contributed by atoms with Crippen LogP contribution in [0.5, 0.6) is 0 Å². The van der Waals surface area contributed by atoms with Crippen molar-refractivity contribution in [1.82, 2.24) is 9.58 Å². The molecule has 1 aromatic heterocycles. The zero-order valence-electron chi connectivity index (χ0n) is 21.1. The van der Waals surface area contributed by atoms with Crippen molar-refractivity contribution in [3.63, 3.8) is 0 Å². The summed E-state index contributed by atoms with van der Waals surface area (Å²) in [5.41, 5.74) is 4.89. The Kier molecular flexibility index (Phi) is 7.94. The third-order valence-corrected chi connectivity index (χ3v) is 7.49. The van der Waals surface area contributed by atoms with Crippen molar-refractivity contribution in [3.8, 4) is 0 Å². The highest BCUT2D eigenvalue weighted by atomic mass is 16.1. The van der Waals surface area contributed by atoms with Gasteiger partial charge in [-0.2, -0.15) is 0 Å². The predicted octanol–water partition coefficient (Wildman–Crippen LogP) is 5.80. The second kappa shape index (κ2) is 11.1. The van der Waals surface area contributed by atoms with E-state index in [0.29, 0.717) is 5.92 Å². The molecule has 0 saturated carbocycles. The van der Waals surface area contributed by atoms with Gasteiger partial charge in [0.05, 0.1) is 5.52 Å². The lowest BCUT2D eigenvalue weighted by Gasteiger charge is -2.32. The van der Waals surface area contributed by atoms with E-state index < -0.39 is 0 Å². The zero-order chi connectivity index (χ0) is 24.1. The molecule has 0 bridgehead atoms. The van der Waals surface area contributed by atoms with Gasteiger partial charge in [-0.15, -0.1) is 0 Å². The highest BCUT2D eigenvalue weighted by Gasteiger charge is 2.24. The Hall–Kier alpha value is -2.79. The first-order valence-electron chi connectivity index (χ1n) is 13.1. The van der Waals surface area contributed by atoms with Crippen molar-refractivity contribution >= 4 is 22.4 Å². The molecular weight excluding hydrogens is 420 g/mol. The van der Waals surface area contributed by atoms with Crippen molar-refractivity contribution in [1.29, 1.82) is 0 Å². The summed E-state index contributed by atoms with van der Waals surface area (Å²) >= 11 is 0. The number of fused-ring (bicyclic) bond motifs is 1. The normalized spacial score (nSPS) is 15.1. The molecular formula is C29H40N4O. The van der Waals surface area contributed by atoms with Gasteiger partial charge in [-0.1, -0.05) is 19.8 Å². The number of nitrogens with zero attached hydrogens (tertiary/aromatic N) is 3. The number of carbonyl (C=O) groups is 1. The molecule has 1 saturated heterocycles.